The largest absolute Gasteiger partial charge is 0.313 e. The molecule has 6 heteroatoms. The van der Waals surface area contributed by atoms with Gasteiger partial charge in [-0.15, -0.1) is 12.4 Å². The second-order valence-corrected chi connectivity index (χ2v) is 7.32. The maximum absolute atomic E-state index is 12.1. The molecule has 0 fully saturated rings. The Morgan fingerprint density at radius 1 is 1.10 bits per heavy atom. The summed E-state index contributed by atoms with van der Waals surface area (Å²) >= 11 is 0. The number of hydrogen-bond acceptors (Lipinski definition) is 3. The van der Waals surface area contributed by atoms with E-state index >= 15 is 0 Å². The Hall–Kier alpha value is -0.620. The van der Waals surface area contributed by atoms with Gasteiger partial charge in [0.05, 0.1) is 4.90 Å². The van der Waals surface area contributed by atoms with E-state index in [1.54, 1.807) is 12.1 Å². The summed E-state index contributed by atoms with van der Waals surface area (Å²) in [6, 6.07) is 7.26. The molecule has 0 heterocycles. The molecule has 4 nitrogen and oxygen atoms in total. The van der Waals surface area contributed by atoms with Gasteiger partial charge in [0.25, 0.3) is 0 Å². The van der Waals surface area contributed by atoms with Crippen LogP contribution < -0.4 is 10.0 Å². The van der Waals surface area contributed by atoms with Gasteiger partial charge in [-0.25, -0.2) is 13.1 Å². The molecule has 1 rings (SSSR count). The van der Waals surface area contributed by atoms with Gasteiger partial charge in [-0.2, -0.15) is 0 Å². The lowest BCUT2D eigenvalue weighted by Crippen LogP contribution is -2.38. The smallest absolute Gasteiger partial charge is 0.240 e. The summed E-state index contributed by atoms with van der Waals surface area (Å²) in [5, 5.41) is 3.17. The van der Waals surface area contributed by atoms with E-state index < -0.39 is 10.0 Å². The van der Waals surface area contributed by atoms with Crippen molar-refractivity contribution in [3.63, 3.8) is 0 Å². The lowest BCUT2D eigenvalue weighted by molar-refractivity contribution is 0.536. The van der Waals surface area contributed by atoms with Crippen LogP contribution in [0.15, 0.2) is 29.2 Å². The maximum atomic E-state index is 12.1. The highest BCUT2D eigenvalue weighted by molar-refractivity contribution is 7.89. The number of halogens is 1. The monoisotopic (exact) mass is 334 g/mol. The highest BCUT2D eigenvalue weighted by Gasteiger charge is 2.14. The molecule has 122 valence electrons. The zero-order valence-corrected chi connectivity index (χ0v) is 14.9. The minimum Gasteiger partial charge on any atom is -0.313 e. The number of sulfonamides is 1. The summed E-state index contributed by atoms with van der Waals surface area (Å²) in [5.41, 5.74) is 1.17. The third kappa shape index (κ3) is 7.27. The Morgan fingerprint density at radius 3 is 2.14 bits per heavy atom. The molecular formula is C15H27ClN2O2S. The molecule has 0 aromatic heterocycles. The highest BCUT2D eigenvalue weighted by atomic mass is 35.5. The Morgan fingerprint density at radius 2 is 1.67 bits per heavy atom. The van der Waals surface area contributed by atoms with Crippen molar-refractivity contribution in [2.24, 2.45) is 5.92 Å². The number of benzene rings is 1. The zero-order chi connectivity index (χ0) is 15.2. The predicted molar refractivity (Wildman–Crippen MR) is 90.6 cm³/mol. The molecule has 0 saturated heterocycles. The van der Waals surface area contributed by atoms with Crippen LogP contribution in [-0.2, 0) is 16.4 Å². The fourth-order valence-corrected chi connectivity index (χ4v) is 3.15. The van der Waals surface area contributed by atoms with Gasteiger partial charge < -0.3 is 5.32 Å². The van der Waals surface area contributed by atoms with Gasteiger partial charge in [-0.3, -0.25) is 0 Å². The van der Waals surface area contributed by atoms with Gasteiger partial charge in [-0.1, -0.05) is 32.9 Å². The lowest BCUT2D eigenvalue weighted by Gasteiger charge is -2.14. The van der Waals surface area contributed by atoms with Gasteiger partial charge in [0.2, 0.25) is 10.0 Å². The van der Waals surface area contributed by atoms with E-state index in [-0.39, 0.29) is 18.4 Å². The maximum Gasteiger partial charge on any atom is 0.240 e. The summed E-state index contributed by atoms with van der Waals surface area (Å²) in [4.78, 5) is 0.328. The van der Waals surface area contributed by atoms with E-state index in [0.717, 1.165) is 13.0 Å². The standard InChI is InChI=1S/C15H26N2O2S.ClH/c1-5-16-13(4)11-17-20(18,19)15-8-6-14(7-9-15)10-12(2)3;/h6-9,12-13,16-17H,5,10-11H2,1-4H3;1H/t13-;/m1./s1. The second-order valence-electron chi connectivity index (χ2n) is 5.55. The van der Waals surface area contributed by atoms with Crippen LogP contribution in [0.5, 0.6) is 0 Å². The first kappa shape index (κ1) is 20.4. The van der Waals surface area contributed by atoms with Crippen LogP contribution in [0.2, 0.25) is 0 Å². The average Bonchev–Trinajstić information content (AvgIpc) is 2.37. The van der Waals surface area contributed by atoms with E-state index in [1.807, 2.05) is 26.0 Å². The van der Waals surface area contributed by atoms with Gasteiger partial charge in [0, 0.05) is 12.6 Å². The molecule has 0 bridgehead atoms. The van der Waals surface area contributed by atoms with Crippen molar-refractivity contribution in [2.45, 2.75) is 45.1 Å². The molecule has 0 amide bonds. The Balaban J connectivity index is 0.00000400. The van der Waals surface area contributed by atoms with Crippen LogP contribution in [0.3, 0.4) is 0 Å². The first-order chi connectivity index (χ1) is 9.35. The molecule has 0 aliphatic rings. The Kier molecular flexibility index (Phi) is 9.13. The minimum atomic E-state index is -3.41. The normalized spacial score (nSPS) is 13.0. The topological polar surface area (TPSA) is 58.2 Å². The molecule has 0 unspecified atom stereocenters. The third-order valence-electron chi connectivity index (χ3n) is 3.01. The molecule has 1 atom stereocenters. The first-order valence-electron chi connectivity index (χ1n) is 7.17. The van der Waals surface area contributed by atoms with Crippen molar-refractivity contribution in [3.8, 4) is 0 Å². The van der Waals surface area contributed by atoms with Crippen LogP contribution in [-0.4, -0.2) is 27.5 Å². The minimum absolute atomic E-state index is 0. The van der Waals surface area contributed by atoms with Crippen LogP contribution >= 0.6 is 12.4 Å². The van der Waals surface area contributed by atoms with E-state index in [2.05, 4.69) is 23.9 Å². The quantitative estimate of drug-likeness (QED) is 0.768. The van der Waals surface area contributed by atoms with Crippen molar-refractivity contribution in [2.75, 3.05) is 13.1 Å². The van der Waals surface area contributed by atoms with E-state index in [4.69, 9.17) is 0 Å². The summed E-state index contributed by atoms with van der Waals surface area (Å²) in [5.74, 6) is 0.566. The fourth-order valence-electron chi connectivity index (χ4n) is 2.01. The van der Waals surface area contributed by atoms with E-state index in [0.29, 0.717) is 17.4 Å². The van der Waals surface area contributed by atoms with Crippen LogP contribution in [0.4, 0.5) is 0 Å². The molecule has 0 aliphatic carbocycles. The summed E-state index contributed by atoms with van der Waals surface area (Å²) in [6.45, 7) is 9.47. The van der Waals surface area contributed by atoms with Gasteiger partial charge >= 0.3 is 0 Å². The van der Waals surface area contributed by atoms with Crippen molar-refractivity contribution in [3.05, 3.63) is 29.8 Å². The SMILES string of the molecule is CCN[C@H](C)CNS(=O)(=O)c1ccc(CC(C)C)cc1.Cl. The number of hydrogen-bond donors (Lipinski definition) is 2. The summed E-state index contributed by atoms with van der Waals surface area (Å²) in [6.07, 6.45) is 0.964. The lowest BCUT2D eigenvalue weighted by atomic mass is 10.0. The molecule has 1 aromatic rings. The second kappa shape index (κ2) is 9.41. The van der Waals surface area contributed by atoms with Crippen molar-refractivity contribution in [1.82, 2.24) is 10.0 Å². The zero-order valence-electron chi connectivity index (χ0n) is 13.2. The average molecular weight is 335 g/mol. The molecule has 0 radical (unpaired) electrons. The number of likely N-dealkylation sites (N-methyl/N-ethyl adjacent to an activating group) is 1. The molecule has 0 aliphatic heterocycles. The van der Waals surface area contributed by atoms with Crippen molar-refractivity contribution in [1.29, 1.82) is 0 Å². The molecule has 0 saturated carbocycles. The molecule has 1 aromatic carbocycles. The van der Waals surface area contributed by atoms with E-state index in [9.17, 15) is 8.42 Å². The van der Waals surface area contributed by atoms with E-state index in [1.165, 1.54) is 5.56 Å². The molecule has 2 N–H and O–H groups in total. The fraction of sp³-hybridized carbons (Fsp3) is 0.600. The van der Waals surface area contributed by atoms with Crippen LogP contribution in [0.1, 0.15) is 33.3 Å². The van der Waals surface area contributed by atoms with Crippen molar-refractivity contribution >= 4 is 22.4 Å². The third-order valence-corrected chi connectivity index (χ3v) is 4.45. The van der Waals surface area contributed by atoms with Crippen molar-refractivity contribution < 1.29 is 8.42 Å². The number of nitrogens with one attached hydrogen (secondary N) is 2. The molecular weight excluding hydrogens is 308 g/mol. The van der Waals surface area contributed by atoms with Crippen LogP contribution in [0, 0.1) is 5.92 Å². The van der Waals surface area contributed by atoms with Gasteiger partial charge in [0.1, 0.15) is 0 Å². The number of rotatable bonds is 8. The predicted octanol–water partition coefficient (Wildman–Crippen LogP) is 2.58. The molecule has 21 heavy (non-hydrogen) atoms. The molecule has 0 spiro atoms. The first-order valence-corrected chi connectivity index (χ1v) is 8.65. The summed E-state index contributed by atoms with van der Waals surface area (Å²) in [7, 11) is -3.41. The van der Waals surface area contributed by atoms with Gasteiger partial charge in [0.15, 0.2) is 0 Å². The van der Waals surface area contributed by atoms with Crippen LogP contribution in [0.25, 0.3) is 0 Å². The Bertz CT molecular complexity index is 501. The highest BCUT2D eigenvalue weighted by Crippen LogP contribution is 2.13. The summed E-state index contributed by atoms with van der Waals surface area (Å²) < 4.78 is 26.9. The Labute approximate surface area is 135 Å². The van der Waals surface area contributed by atoms with Gasteiger partial charge in [-0.05, 0) is 43.5 Å².